The lowest BCUT2D eigenvalue weighted by Gasteiger charge is -2.16. The van der Waals surface area contributed by atoms with Crippen molar-refractivity contribution >= 4 is 40.2 Å². The van der Waals surface area contributed by atoms with Gasteiger partial charge in [-0.3, -0.25) is 14.2 Å². The molecule has 0 aliphatic heterocycles. The number of aromatic nitrogens is 3. The SMILES string of the molecule is C=CC(=O)Nc1cccc(CCn2c(=O)c(-c3cc(OC)cc(OC)c3Cl)cc3cnc(NC)nc32)c1. The number of carbonyl (C=O) groups is 1. The van der Waals surface area contributed by atoms with E-state index in [1.807, 2.05) is 18.2 Å². The molecule has 37 heavy (non-hydrogen) atoms. The molecule has 2 aromatic carbocycles. The number of halogens is 1. The van der Waals surface area contributed by atoms with Gasteiger partial charge in [0, 0.05) is 48.1 Å². The molecule has 0 unspecified atom stereocenters. The zero-order valence-electron chi connectivity index (χ0n) is 20.7. The average Bonchev–Trinajstić information content (AvgIpc) is 2.92. The molecule has 4 rings (SSSR count). The largest absolute Gasteiger partial charge is 0.497 e. The summed E-state index contributed by atoms with van der Waals surface area (Å²) in [6, 6.07) is 12.5. The maximum Gasteiger partial charge on any atom is 0.260 e. The Morgan fingerprint density at radius 3 is 2.68 bits per heavy atom. The van der Waals surface area contributed by atoms with Crippen LogP contribution >= 0.6 is 11.6 Å². The number of anilines is 2. The van der Waals surface area contributed by atoms with Crippen molar-refractivity contribution in [3.05, 3.63) is 82.3 Å². The molecule has 1 amide bonds. The van der Waals surface area contributed by atoms with Crippen molar-refractivity contribution in [3.63, 3.8) is 0 Å². The fourth-order valence-corrected chi connectivity index (χ4v) is 4.24. The Balaban J connectivity index is 1.83. The molecule has 0 radical (unpaired) electrons. The number of pyridine rings is 1. The van der Waals surface area contributed by atoms with E-state index in [-0.39, 0.29) is 11.5 Å². The lowest BCUT2D eigenvalue weighted by molar-refractivity contribution is -0.111. The first kappa shape index (κ1) is 25.7. The minimum atomic E-state index is -0.297. The van der Waals surface area contributed by atoms with Gasteiger partial charge in [0.2, 0.25) is 11.9 Å². The minimum Gasteiger partial charge on any atom is -0.497 e. The van der Waals surface area contributed by atoms with Crippen LogP contribution in [0.25, 0.3) is 22.2 Å². The fraction of sp³-hybridized carbons (Fsp3) is 0.185. The Labute approximate surface area is 218 Å². The number of nitrogens with zero attached hydrogens (tertiary/aromatic N) is 3. The van der Waals surface area contributed by atoms with Crippen molar-refractivity contribution < 1.29 is 14.3 Å². The van der Waals surface area contributed by atoms with Crippen molar-refractivity contribution in [3.8, 4) is 22.6 Å². The third kappa shape index (κ3) is 5.41. The molecule has 2 aromatic heterocycles. The van der Waals surface area contributed by atoms with E-state index in [0.717, 1.165) is 5.56 Å². The van der Waals surface area contributed by atoms with Gasteiger partial charge in [-0.25, -0.2) is 4.98 Å². The Morgan fingerprint density at radius 2 is 1.97 bits per heavy atom. The summed E-state index contributed by atoms with van der Waals surface area (Å²) in [5, 5.41) is 6.63. The molecule has 4 aromatic rings. The summed E-state index contributed by atoms with van der Waals surface area (Å²) in [6.07, 6.45) is 3.37. The van der Waals surface area contributed by atoms with Gasteiger partial charge in [-0.1, -0.05) is 30.3 Å². The number of carbonyl (C=O) groups excluding carboxylic acids is 1. The molecular formula is C27H26ClN5O4. The maximum absolute atomic E-state index is 13.9. The second-order valence-electron chi connectivity index (χ2n) is 8.07. The summed E-state index contributed by atoms with van der Waals surface area (Å²) in [4.78, 5) is 34.4. The molecule has 0 saturated heterocycles. The molecule has 10 heteroatoms. The van der Waals surface area contributed by atoms with Gasteiger partial charge < -0.3 is 20.1 Å². The standard InChI is InChI=1S/C27H26ClN5O4/c1-5-23(34)31-18-8-6-7-16(11-18)9-10-33-25-17(15-30-27(29-2)32-25)12-21(26(33)35)20-13-19(36-3)14-22(37-4)24(20)28/h5-8,11-15H,1,9-10H2,2-4H3,(H,31,34)(H,29,30,32). The van der Waals surface area contributed by atoms with Gasteiger partial charge in [0.15, 0.2) is 0 Å². The predicted octanol–water partition coefficient (Wildman–Crippen LogP) is 4.54. The van der Waals surface area contributed by atoms with Crippen molar-refractivity contribution in [1.29, 1.82) is 0 Å². The molecule has 190 valence electrons. The number of aryl methyl sites for hydroxylation is 2. The van der Waals surface area contributed by atoms with Gasteiger partial charge in [0.05, 0.1) is 19.2 Å². The van der Waals surface area contributed by atoms with Gasteiger partial charge in [-0.05, 0) is 42.3 Å². The van der Waals surface area contributed by atoms with Crippen LogP contribution in [0.15, 0.2) is 66.1 Å². The first-order valence-corrected chi connectivity index (χ1v) is 11.8. The van der Waals surface area contributed by atoms with E-state index in [1.54, 1.807) is 42.1 Å². The topological polar surface area (TPSA) is 107 Å². The van der Waals surface area contributed by atoms with Gasteiger partial charge in [0.1, 0.15) is 17.1 Å². The fourth-order valence-electron chi connectivity index (χ4n) is 3.95. The van der Waals surface area contributed by atoms with Crippen LogP contribution in [0.1, 0.15) is 5.56 Å². The highest BCUT2D eigenvalue weighted by molar-refractivity contribution is 6.35. The first-order valence-electron chi connectivity index (χ1n) is 11.4. The average molecular weight is 520 g/mol. The summed E-state index contributed by atoms with van der Waals surface area (Å²) >= 11 is 6.63. The highest BCUT2D eigenvalue weighted by atomic mass is 35.5. The van der Waals surface area contributed by atoms with E-state index in [4.69, 9.17) is 21.1 Å². The monoisotopic (exact) mass is 519 g/mol. The molecule has 0 bridgehead atoms. The number of methoxy groups -OCH3 is 2. The van der Waals surface area contributed by atoms with E-state index >= 15 is 0 Å². The molecule has 0 fully saturated rings. The number of fused-ring (bicyclic) bond motifs is 1. The van der Waals surface area contributed by atoms with Crippen LogP contribution < -0.4 is 25.7 Å². The maximum atomic E-state index is 13.9. The molecular weight excluding hydrogens is 494 g/mol. The van der Waals surface area contributed by atoms with Crippen LogP contribution in [0.4, 0.5) is 11.6 Å². The van der Waals surface area contributed by atoms with E-state index in [9.17, 15) is 9.59 Å². The molecule has 9 nitrogen and oxygen atoms in total. The number of rotatable bonds is 9. The molecule has 0 aliphatic rings. The molecule has 0 atom stereocenters. The van der Waals surface area contributed by atoms with E-state index in [2.05, 4.69) is 27.2 Å². The highest BCUT2D eigenvalue weighted by Gasteiger charge is 2.19. The Bertz CT molecular complexity index is 1550. The van der Waals surface area contributed by atoms with Crippen LogP contribution in [0.3, 0.4) is 0 Å². The van der Waals surface area contributed by atoms with E-state index in [1.165, 1.54) is 20.3 Å². The van der Waals surface area contributed by atoms with Crippen molar-refractivity contribution in [2.24, 2.45) is 0 Å². The number of hydrogen-bond acceptors (Lipinski definition) is 7. The highest BCUT2D eigenvalue weighted by Crippen LogP contribution is 2.38. The van der Waals surface area contributed by atoms with Crippen LogP contribution in [0.2, 0.25) is 5.02 Å². The summed E-state index contributed by atoms with van der Waals surface area (Å²) in [5.74, 6) is 0.988. The number of hydrogen-bond donors (Lipinski definition) is 2. The smallest absolute Gasteiger partial charge is 0.260 e. The van der Waals surface area contributed by atoms with Gasteiger partial charge in [0.25, 0.3) is 5.56 Å². The molecule has 0 saturated carbocycles. The zero-order chi connectivity index (χ0) is 26.5. The molecule has 2 heterocycles. The Kier molecular flexibility index (Phi) is 7.74. The number of benzene rings is 2. The third-order valence-corrected chi connectivity index (χ3v) is 6.20. The molecule has 0 aliphatic carbocycles. The van der Waals surface area contributed by atoms with Gasteiger partial charge in [-0.2, -0.15) is 4.98 Å². The second kappa shape index (κ2) is 11.1. The quantitative estimate of drug-likeness (QED) is 0.313. The van der Waals surface area contributed by atoms with Crippen molar-refractivity contribution in [2.45, 2.75) is 13.0 Å². The summed E-state index contributed by atoms with van der Waals surface area (Å²) in [7, 11) is 4.75. The van der Waals surface area contributed by atoms with Crippen molar-refractivity contribution in [2.75, 3.05) is 31.9 Å². The number of nitrogens with one attached hydrogen (secondary N) is 2. The van der Waals surface area contributed by atoms with E-state index < -0.39 is 0 Å². The van der Waals surface area contributed by atoms with Gasteiger partial charge >= 0.3 is 0 Å². The predicted molar refractivity (Wildman–Crippen MR) is 146 cm³/mol. The number of amides is 1. The lowest BCUT2D eigenvalue weighted by Crippen LogP contribution is -2.24. The van der Waals surface area contributed by atoms with Crippen LogP contribution in [-0.2, 0) is 17.8 Å². The lowest BCUT2D eigenvalue weighted by atomic mass is 10.0. The second-order valence-corrected chi connectivity index (χ2v) is 8.45. The summed E-state index contributed by atoms with van der Waals surface area (Å²) < 4.78 is 12.4. The van der Waals surface area contributed by atoms with Crippen LogP contribution in [0, 0.1) is 0 Å². The third-order valence-electron chi connectivity index (χ3n) is 5.81. The van der Waals surface area contributed by atoms with Crippen LogP contribution in [-0.4, -0.2) is 41.7 Å². The van der Waals surface area contributed by atoms with Gasteiger partial charge in [-0.15, -0.1) is 0 Å². The van der Waals surface area contributed by atoms with Crippen LogP contribution in [0.5, 0.6) is 11.5 Å². The molecule has 0 spiro atoms. The minimum absolute atomic E-state index is 0.276. The normalized spacial score (nSPS) is 10.7. The summed E-state index contributed by atoms with van der Waals surface area (Å²) in [5.41, 5.74) is 2.62. The zero-order valence-corrected chi connectivity index (χ0v) is 21.4. The number of ether oxygens (including phenoxy) is 2. The summed E-state index contributed by atoms with van der Waals surface area (Å²) in [6.45, 7) is 3.80. The Hall–Kier alpha value is -4.37. The Morgan fingerprint density at radius 1 is 1.16 bits per heavy atom. The van der Waals surface area contributed by atoms with Crippen molar-refractivity contribution in [1.82, 2.24) is 14.5 Å². The van der Waals surface area contributed by atoms with E-state index in [0.29, 0.717) is 63.3 Å². The first-order chi connectivity index (χ1) is 17.9. The molecule has 2 N–H and O–H groups in total.